The van der Waals surface area contributed by atoms with Crippen molar-refractivity contribution in [3.8, 4) is 5.75 Å². The van der Waals surface area contributed by atoms with Crippen LogP contribution in [0.4, 0.5) is 5.69 Å². The summed E-state index contributed by atoms with van der Waals surface area (Å²) in [4.78, 5) is 15.5. The lowest BCUT2D eigenvalue weighted by Crippen LogP contribution is -2.07. The van der Waals surface area contributed by atoms with Gasteiger partial charge in [-0.1, -0.05) is 23.2 Å². The van der Waals surface area contributed by atoms with Gasteiger partial charge in [-0.15, -0.1) is 0 Å². The van der Waals surface area contributed by atoms with Crippen molar-refractivity contribution in [2.75, 3.05) is 11.9 Å². The average molecular weight is 341 g/mol. The second kappa shape index (κ2) is 7.33. The number of phenols is 1. The summed E-state index contributed by atoms with van der Waals surface area (Å²) in [5.41, 5.74) is 1.48. The number of hydrogen-bond donors (Lipinski definition) is 2. The van der Waals surface area contributed by atoms with Gasteiger partial charge in [-0.2, -0.15) is 0 Å². The zero-order valence-electron chi connectivity index (χ0n) is 11.8. The van der Waals surface area contributed by atoms with Gasteiger partial charge in [-0.3, -0.25) is 0 Å². The molecule has 2 aromatic rings. The van der Waals surface area contributed by atoms with Crippen LogP contribution < -0.4 is 5.32 Å². The van der Waals surface area contributed by atoms with E-state index in [2.05, 4.69) is 10.3 Å². The van der Waals surface area contributed by atoms with Crippen molar-refractivity contribution in [2.24, 2.45) is 0 Å². The third-order valence-corrected chi connectivity index (χ3v) is 3.34. The van der Waals surface area contributed by atoms with Crippen LogP contribution in [0.1, 0.15) is 23.0 Å². The molecule has 1 aromatic carbocycles. The van der Waals surface area contributed by atoms with Crippen LogP contribution in [0.15, 0.2) is 30.5 Å². The molecule has 1 heterocycles. The highest BCUT2D eigenvalue weighted by atomic mass is 35.5. The first-order chi connectivity index (χ1) is 10.5. The zero-order valence-corrected chi connectivity index (χ0v) is 13.3. The van der Waals surface area contributed by atoms with E-state index in [9.17, 15) is 9.90 Å². The molecule has 0 bridgehead atoms. The molecule has 0 unspecified atom stereocenters. The monoisotopic (exact) mass is 340 g/mol. The normalized spacial score (nSPS) is 10.3. The van der Waals surface area contributed by atoms with Gasteiger partial charge >= 0.3 is 5.97 Å². The number of nitrogens with zero attached hydrogens (tertiary/aromatic N) is 1. The fraction of sp³-hybridized carbons (Fsp3) is 0.200. The van der Waals surface area contributed by atoms with Gasteiger partial charge in [0.15, 0.2) is 0 Å². The maximum absolute atomic E-state index is 11.5. The standard InChI is InChI=1S/C15H14Cl2N2O3/c1-2-22-15(21)13-4-3-11(8-19-13)18-7-9-5-10(16)6-12(17)14(9)20/h3-6,8,18,20H,2,7H2,1H3. The molecule has 0 atom stereocenters. The van der Waals surface area contributed by atoms with E-state index in [-0.39, 0.29) is 16.5 Å². The second-order valence-corrected chi connectivity index (χ2v) is 5.25. The molecular formula is C15H14Cl2N2O3. The summed E-state index contributed by atoms with van der Waals surface area (Å²) < 4.78 is 4.85. The molecule has 0 radical (unpaired) electrons. The highest BCUT2D eigenvalue weighted by molar-refractivity contribution is 6.35. The van der Waals surface area contributed by atoms with Crippen LogP contribution in [-0.2, 0) is 11.3 Å². The number of aromatic hydroxyl groups is 1. The van der Waals surface area contributed by atoms with Gasteiger partial charge < -0.3 is 15.2 Å². The number of halogens is 2. The number of rotatable bonds is 5. The Balaban J connectivity index is 2.05. The molecule has 0 saturated carbocycles. The quantitative estimate of drug-likeness (QED) is 0.808. The predicted octanol–water partition coefficient (Wildman–Crippen LogP) is 3.88. The van der Waals surface area contributed by atoms with Gasteiger partial charge in [0.25, 0.3) is 0 Å². The summed E-state index contributed by atoms with van der Waals surface area (Å²) >= 11 is 11.8. The topological polar surface area (TPSA) is 71.5 Å². The Morgan fingerprint density at radius 1 is 1.36 bits per heavy atom. The molecule has 0 amide bonds. The number of pyridine rings is 1. The molecule has 2 rings (SSSR count). The summed E-state index contributed by atoms with van der Waals surface area (Å²) in [6, 6.07) is 6.35. The van der Waals surface area contributed by atoms with Crippen molar-refractivity contribution >= 4 is 34.9 Å². The summed E-state index contributed by atoms with van der Waals surface area (Å²) in [6.45, 7) is 2.35. The van der Waals surface area contributed by atoms with E-state index in [1.807, 2.05) is 0 Å². The smallest absolute Gasteiger partial charge is 0.356 e. The average Bonchev–Trinajstić information content (AvgIpc) is 2.50. The lowest BCUT2D eigenvalue weighted by molar-refractivity contribution is 0.0519. The largest absolute Gasteiger partial charge is 0.506 e. The van der Waals surface area contributed by atoms with Gasteiger partial charge in [0, 0.05) is 17.1 Å². The van der Waals surface area contributed by atoms with Gasteiger partial charge in [-0.25, -0.2) is 9.78 Å². The molecule has 0 fully saturated rings. The van der Waals surface area contributed by atoms with Crippen LogP contribution in [0.25, 0.3) is 0 Å². The minimum absolute atomic E-state index is 0.0188. The number of carbonyl (C=O) groups excluding carboxylic acids is 1. The number of ether oxygens (including phenoxy) is 1. The number of phenolic OH excluding ortho intramolecular Hbond substituents is 1. The summed E-state index contributed by atoms with van der Waals surface area (Å²) in [7, 11) is 0. The summed E-state index contributed by atoms with van der Waals surface area (Å²) in [5, 5.41) is 13.6. The van der Waals surface area contributed by atoms with E-state index < -0.39 is 5.97 Å². The van der Waals surface area contributed by atoms with Crippen molar-refractivity contribution in [1.82, 2.24) is 4.98 Å². The van der Waals surface area contributed by atoms with Crippen LogP contribution in [0, 0.1) is 0 Å². The number of hydrogen-bond acceptors (Lipinski definition) is 5. The van der Waals surface area contributed by atoms with E-state index in [1.54, 1.807) is 25.1 Å². The van der Waals surface area contributed by atoms with Crippen LogP contribution in [0.3, 0.4) is 0 Å². The first kappa shape index (κ1) is 16.4. The Morgan fingerprint density at radius 3 is 2.77 bits per heavy atom. The van der Waals surface area contributed by atoms with Crippen LogP contribution in [0.5, 0.6) is 5.75 Å². The van der Waals surface area contributed by atoms with Crippen molar-refractivity contribution < 1.29 is 14.6 Å². The summed E-state index contributed by atoms with van der Waals surface area (Å²) in [5.74, 6) is -0.483. The molecule has 0 aliphatic carbocycles. The Labute approximate surface area is 137 Å². The van der Waals surface area contributed by atoms with E-state index in [1.165, 1.54) is 12.3 Å². The van der Waals surface area contributed by atoms with Gasteiger partial charge in [0.1, 0.15) is 11.4 Å². The Hall–Kier alpha value is -1.98. The fourth-order valence-electron chi connectivity index (χ4n) is 1.78. The van der Waals surface area contributed by atoms with Gasteiger partial charge in [0.05, 0.1) is 23.5 Å². The number of benzene rings is 1. The molecule has 7 heteroatoms. The minimum Gasteiger partial charge on any atom is -0.506 e. The van der Waals surface area contributed by atoms with E-state index in [0.717, 1.165) is 0 Å². The van der Waals surface area contributed by atoms with E-state index in [4.69, 9.17) is 27.9 Å². The molecule has 0 saturated heterocycles. The molecule has 22 heavy (non-hydrogen) atoms. The lowest BCUT2D eigenvalue weighted by atomic mass is 10.2. The van der Waals surface area contributed by atoms with Gasteiger partial charge in [0.2, 0.25) is 0 Å². The maximum Gasteiger partial charge on any atom is 0.356 e. The molecule has 0 aliphatic heterocycles. The Kier molecular flexibility index (Phi) is 5.46. The molecule has 116 valence electrons. The van der Waals surface area contributed by atoms with E-state index >= 15 is 0 Å². The Morgan fingerprint density at radius 2 is 2.14 bits per heavy atom. The van der Waals surface area contributed by atoms with Crippen molar-refractivity contribution in [3.63, 3.8) is 0 Å². The molecule has 0 aliphatic rings. The molecule has 0 spiro atoms. The first-order valence-corrected chi connectivity index (χ1v) is 7.30. The SMILES string of the molecule is CCOC(=O)c1ccc(NCc2cc(Cl)cc(Cl)c2O)cn1. The highest BCUT2D eigenvalue weighted by Gasteiger charge is 2.09. The third-order valence-electron chi connectivity index (χ3n) is 2.84. The second-order valence-electron chi connectivity index (χ2n) is 4.40. The lowest BCUT2D eigenvalue weighted by Gasteiger charge is -2.10. The number of carbonyl (C=O) groups is 1. The van der Waals surface area contributed by atoms with Crippen LogP contribution >= 0.6 is 23.2 Å². The number of anilines is 1. The van der Waals surface area contributed by atoms with Gasteiger partial charge in [-0.05, 0) is 31.2 Å². The fourth-order valence-corrected chi connectivity index (χ4v) is 2.31. The highest BCUT2D eigenvalue weighted by Crippen LogP contribution is 2.31. The summed E-state index contributed by atoms with van der Waals surface area (Å²) in [6.07, 6.45) is 1.51. The molecule has 5 nitrogen and oxygen atoms in total. The predicted molar refractivity (Wildman–Crippen MR) is 85.6 cm³/mol. The van der Waals surface area contributed by atoms with Crippen LogP contribution in [-0.4, -0.2) is 22.7 Å². The Bertz CT molecular complexity index is 675. The van der Waals surface area contributed by atoms with Crippen molar-refractivity contribution in [1.29, 1.82) is 0 Å². The molecule has 1 aromatic heterocycles. The minimum atomic E-state index is -0.465. The number of aromatic nitrogens is 1. The number of esters is 1. The van der Waals surface area contributed by atoms with Crippen molar-refractivity contribution in [2.45, 2.75) is 13.5 Å². The molecular weight excluding hydrogens is 327 g/mol. The van der Waals surface area contributed by atoms with Crippen LogP contribution in [0.2, 0.25) is 10.0 Å². The first-order valence-electron chi connectivity index (χ1n) is 6.55. The maximum atomic E-state index is 11.5. The van der Waals surface area contributed by atoms with Crippen molar-refractivity contribution in [3.05, 3.63) is 51.8 Å². The zero-order chi connectivity index (χ0) is 16.1. The third kappa shape index (κ3) is 4.02. The van der Waals surface area contributed by atoms with E-state index in [0.29, 0.717) is 29.4 Å². The molecule has 2 N–H and O–H groups in total. The number of nitrogens with one attached hydrogen (secondary N) is 1.